The number of imidazole rings is 1. The molecule has 1 aromatic carbocycles. The highest BCUT2D eigenvalue weighted by Crippen LogP contribution is 2.38. The minimum Gasteiger partial charge on any atom is -0.384 e. The Balaban J connectivity index is 1.92. The zero-order chi connectivity index (χ0) is 18.1. The number of nitrogens with zero attached hydrogens (tertiary/aromatic N) is 2. The number of carbonyl (C=O) groups excluding carboxylic acids is 1. The monoisotopic (exact) mass is 366 g/mol. The van der Waals surface area contributed by atoms with Gasteiger partial charge in [-0.15, -0.1) is 0 Å². The van der Waals surface area contributed by atoms with Crippen molar-refractivity contribution >= 4 is 23.6 Å². The average molecular weight is 367 g/mol. The van der Waals surface area contributed by atoms with Crippen LogP contribution in [0, 0.1) is 0 Å². The van der Waals surface area contributed by atoms with Crippen molar-refractivity contribution in [3.05, 3.63) is 82.6 Å². The third kappa shape index (κ3) is 2.95. The number of halogens is 1. The molecule has 0 radical (unpaired) electrons. The largest absolute Gasteiger partial charge is 0.384 e. The Kier molecular flexibility index (Phi) is 4.39. The minimum atomic E-state index is -0.317. The number of carbonyl (C=O) groups is 1. The van der Waals surface area contributed by atoms with Gasteiger partial charge >= 0.3 is 0 Å². The molecular formula is C20H19ClN4O. The van der Waals surface area contributed by atoms with E-state index < -0.39 is 0 Å². The molecule has 2 aromatic rings. The zero-order valence-electron chi connectivity index (χ0n) is 14.3. The molecule has 0 fully saturated rings. The van der Waals surface area contributed by atoms with E-state index in [4.69, 9.17) is 11.6 Å². The van der Waals surface area contributed by atoms with Crippen LogP contribution in [-0.2, 0) is 18.3 Å². The van der Waals surface area contributed by atoms with Gasteiger partial charge in [-0.1, -0.05) is 29.8 Å². The van der Waals surface area contributed by atoms with Crippen LogP contribution in [0.25, 0.3) is 5.57 Å². The third-order valence-electron chi connectivity index (χ3n) is 4.91. The number of amides is 1. The molecule has 1 aliphatic carbocycles. The second-order valence-electron chi connectivity index (χ2n) is 6.50. The fourth-order valence-electron chi connectivity index (χ4n) is 3.63. The number of benzene rings is 1. The predicted molar refractivity (Wildman–Crippen MR) is 102 cm³/mol. The van der Waals surface area contributed by atoms with Crippen molar-refractivity contribution in [2.24, 2.45) is 7.05 Å². The number of hydrogen-bond acceptors (Lipinski definition) is 3. The molecule has 1 aliphatic heterocycles. The molecule has 1 aromatic heterocycles. The summed E-state index contributed by atoms with van der Waals surface area (Å²) in [4.78, 5) is 15.6. The Labute approximate surface area is 157 Å². The van der Waals surface area contributed by atoms with Crippen LogP contribution >= 0.6 is 11.6 Å². The van der Waals surface area contributed by atoms with E-state index in [2.05, 4.69) is 33.8 Å². The maximum Gasteiger partial charge on any atom is 0.207 e. The summed E-state index contributed by atoms with van der Waals surface area (Å²) in [5.41, 5.74) is 5.33. The van der Waals surface area contributed by atoms with Gasteiger partial charge in [0.2, 0.25) is 6.41 Å². The SMILES string of the molecule is Cn1cncc1C(NC=O)C1=CC2=CC=CNC2Cc2ccc(Cl)cc21. The van der Waals surface area contributed by atoms with Crippen LogP contribution in [-0.4, -0.2) is 22.0 Å². The second kappa shape index (κ2) is 6.84. The molecule has 0 spiro atoms. The molecule has 0 bridgehead atoms. The summed E-state index contributed by atoms with van der Waals surface area (Å²) in [5, 5.41) is 7.06. The summed E-state index contributed by atoms with van der Waals surface area (Å²) >= 11 is 6.31. The van der Waals surface area contributed by atoms with E-state index in [1.807, 2.05) is 36.0 Å². The number of hydrogen-bond donors (Lipinski definition) is 2. The number of allylic oxidation sites excluding steroid dienone is 2. The van der Waals surface area contributed by atoms with Gasteiger partial charge in [0, 0.05) is 12.1 Å². The molecule has 2 heterocycles. The Bertz CT molecular complexity index is 941. The molecule has 0 saturated heterocycles. The lowest BCUT2D eigenvalue weighted by Gasteiger charge is -2.22. The minimum absolute atomic E-state index is 0.195. The normalized spacial score (nSPS) is 19.2. The van der Waals surface area contributed by atoms with Gasteiger partial charge in [-0.2, -0.15) is 0 Å². The van der Waals surface area contributed by atoms with E-state index in [9.17, 15) is 4.79 Å². The van der Waals surface area contributed by atoms with Crippen molar-refractivity contribution in [1.82, 2.24) is 20.2 Å². The first kappa shape index (κ1) is 16.7. The van der Waals surface area contributed by atoms with Crippen molar-refractivity contribution < 1.29 is 4.79 Å². The highest BCUT2D eigenvalue weighted by atomic mass is 35.5. The number of dihydropyridines is 1. The summed E-state index contributed by atoms with van der Waals surface area (Å²) in [7, 11) is 1.92. The fraction of sp³-hybridized carbons (Fsp3) is 0.200. The van der Waals surface area contributed by atoms with Crippen LogP contribution in [0.4, 0.5) is 0 Å². The van der Waals surface area contributed by atoms with Crippen molar-refractivity contribution in [1.29, 1.82) is 0 Å². The molecule has 1 amide bonds. The molecule has 2 N–H and O–H groups in total. The van der Waals surface area contributed by atoms with E-state index in [0.29, 0.717) is 5.02 Å². The molecular weight excluding hydrogens is 348 g/mol. The molecule has 5 nitrogen and oxygen atoms in total. The van der Waals surface area contributed by atoms with Crippen LogP contribution in [0.1, 0.15) is 22.9 Å². The summed E-state index contributed by atoms with van der Waals surface area (Å²) in [5.74, 6) is 0. The van der Waals surface area contributed by atoms with Crippen molar-refractivity contribution in [2.45, 2.75) is 18.5 Å². The summed E-state index contributed by atoms with van der Waals surface area (Å²) < 4.78 is 1.92. The zero-order valence-corrected chi connectivity index (χ0v) is 15.1. The number of rotatable bonds is 4. The summed E-state index contributed by atoms with van der Waals surface area (Å²) in [6.45, 7) is 0. The topological polar surface area (TPSA) is 59.0 Å². The van der Waals surface area contributed by atoms with E-state index in [1.165, 1.54) is 11.1 Å². The lowest BCUT2D eigenvalue weighted by molar-refractivity contribution is -0.109. The number of nitrogens with one attached hydrogen (secondary N) is 2. The van der Waals surface area contributed by atoms with Gasteiger partial charge in [-0.25, -0.2) is 4.98 Å². The van der Waals surface area contributed by atoms with Crippen molar-refractivity contribution in [3.8, 4) is 0 Å². The smallest absolute Gasteiger partial charge is 0.207 e. The van der Waals surface area contributed by atoms with E-state index in [1.54, 1.807) is 12.5 Å². The van der Waals surface area contributed by atoms with Gasteiger partial charge in [0.15, 0.2) is 0 Å². The highest BCUT2D eigenvalue weighted by Gasteiger charge is 2.28. The molecule has 2 aliphatic rings. The summed E-state index contributed by atoms with van der Waals surface area (Å²) in [6, 6.07) is 5.83. The van der Waals surface area contributed by atoms with Gasteiger partial charge < -0.3 is 15.2 Å². The Morgan fingerprint density at radius 3 is 3.12 bits per heavy atom. The Hall–Kier alpha value is -2.79. The maximum absolute atomic E-state index is 11.4. The molecule has 2 unspecified atom stereocenters. The van der Waals surface area contributed by atoms with E-state index in [0.717, 1.165) is 29.7 Å². The Morgan fingerprint density at radius 1 is 1.46 bits per heavy atom. The van der Waals surface area contributed by atoms with E-state index in [-0.39, 0.29) is 12.1 Å². The predicted octanol–water partition coefficient (Wildman–Crippen LogP) is 2.91. The van der Waals surface area contributed by atoms with Crippen LogP contribution in [0.3, 0.4) is 0 Å². The second-order valence-corrected chi connectivity index (χ2v) is 6.93. The lowest BCUT2D eigenvalue weighted by Crippen LogP contribution is -2.29. The molecule has 4 rings (SSSR count). The maximum atomic E-state index is 11.4. The van der Waals surface area contributed by atoms with Crippen LogP contribution < -0.4 is 10.6 Å². The van der Waals surface area contributed by atoms with Crippen molar-refractivity contribution in [3.63, 3.8) is 0 Å². The Morgan fingerprint density at radius 2 is 2.35 bits per heavy atom. The van der Waals surface area contributed by atoms with Crippen LogP contribution in [0.5, 0.6) is 0 Å². The van der Waals surface area contributed by atoms with Gasteiger partial charge in [0.25, 0.3) is 0 Å². The standard InChI is InChI=1S/C20H19ClN4O/c1-25-11-22-10-19(25)20(24-12-26)17-7-14-3-2-6-23-18(14)8-13-4-5-15(21)9-16(13)17/h2-7,9-12,18,20,23H,8H2,1H3,(H,24,26). The van der Waals surface area contributed by atoms with Gasteiger partial charge in [0.05, 0.1) is 30.3 Å². The number of aryl methyl sites for hydroxylation is 1. The quantitative estimate of drug-likeness (QED) is 0.818. The number of fused-ring (bicyclic) bond motifs is 2. The van der Waals surface area contributed by atoms with Gasteiger partial charge in [-0.05, 0) is 53.1 Å². The first-order valence-electron chi connectivity index (χ1n) is 8.46. The number of aromatic nitrogens is 2. The van der Waals surface area contributed by atoms with Gasteiger partial charge in [0.1, 0.15) is 0 Å². The van der Waals surface area contributed by atoms with Crippen LogP contribution in [0.15, 0.2) is 60.7 Å². The molecule has 6 heteroatoms. The molecule has 132 valence electrons. The third-order valence-corrected chi connectivity index (χ3v) is 5.14. The van der Waals surface area contributed by atoms with Crippen molar-refractivity contribution in [2.75, 3.05) is 0 Å². The average Bonchev–Trinajstić information content (AvgIpc) is 2.99. The van der Waals surface area contributed by atoms with E-state index >= 15 is 0 Å². The lowest BCUT2D eigenvalue weighted by atomic mass is 9.92. The van der Waals surface area contributed by atoms with Crippen LogP contribution in [0.2, 0.25) is 5.02 Å². The first-order chi connectivity index (χ1) is 12.7. The molecule has 0 saturated carbocycles. The molecule has 2 atom stereocenters. The molecule has 26 heavy (non-hydrogen) atoms. The highest BCUT2D eigenvalue weighted by molar-refractivity contribution is 6.30. The fourth-order valence-corrected chi connectivity index (χ4v) is 3.80. The first-order valence-corrected chi connectivity index (χ1v) is 8.84. The summed E-state index contributed by atoms with van der Waals surface area (Å²) in [6.07, 6.45) is 13.3. The van der Waals surface area contributed by atoms with Gasteiger partial charge in [-0.3, -0.25) is 4.79 Å².